The lowest BCUT2D eigenvalue weighted by atomic mass is 9.74. The van der Waals surface area contributed by atoms with E-state index in [-0.39, 0.29) is 29.9 Å². The average molecular weight is 768 g/mol. The van der Waals surface area contributed by atoms with Crippen LogP contribution in [-0.2, 0) is 14.3 Å². The molecule has 4 aliphatic carbocycles. The number of aliphatic hydroxyl groups is 1. The number of fused-ring (bicyclic) bond motifs is 2. The van der Waals surface area contributed by atoms with Crippen LogP contribution >= 0.6 is 0 Å². The van der Waals surface area contributed by atoms with Crippen LogP contribution in [0.2, 0.25) is 0 Å². The molecule has 7 aliphatic rings. The molecule has 4 saturated carbocycles. The zero-order valence-corrected chi connectivity index (χ0v) is 34.8. The van der Waals surface area contributed by atoms with Gasteiger partial charge >= 0.3 is 0 Å². The molecule has 9 heteroatoms. The molecule has 0 aromatic carbocycles. The van der Waals surface area contributed by atoms with Crippen LogP contribution in [0.1, 0.15) is 167 Å². The largest absolute Gasteiger partial charge is 0.389 e. The number of hydrogen-bond acceptors (Lipinski definition) is 7. The molecule has 0 spiro atoms. The molecule has 0 radical (unpaired) electrons. The summed E-state index contributed by atoms with van der Waals surface area (Å²) in [5.41, 5.74) is 0. The van der Waals surface area contributed by atoms with E-state index in [0.29, 0.717) is 56.7 Å². The fourth-order valence-corrected chi connectivity index (χ4v) is 12.6. The zero-order valence-electron chi connectivity index (χ0n) is 34.8. The van der Waals surface area contributed by atoms with E-state index in [2.05, 4.69) is 20.9 Å². The van der Waals surface area contributed by atoms with Crippen molar-refractivity contribution >= 4 is 11.8 Å². The smallest absolute Gasteiger partial charge is 0.244 e. The molecular formula is C46H81N5O4. The van der Waals surface area contributed by atoms with Gasteiger partial charge in [0.25, 0.3) is 0 Å². The van der Waals surface area contributed by atoms with Crippen LogP contribution in [0.5, 0.6) is 0 Å². The summed E-state index contributed by atoms with van der Waals surface area (Å²) in [6.45, 7) is 4.77. The Bertz CT molecular complexity index is 1140. The van der Waals surface area contributed by atoms with E-state index in [4.69, 9.17) is 4.74 Å². The molecule has 0 bridgehead atoms. The molecule has 314 valence electrons. The number of nitrogens with one attached hydrogen (secondary N) is 3. The number of nitrogens with zero attached hydrogens (tertiary/aromatic N) is 2. The first-order valence-electron chi connectivity index (χ1n) is 24.1. The lowest BCUT2D eigenvalue weighted by Crippen LogP contribution is -2.63. The Morgan fingerprint density at radius 1 is 0.727 bits per heavy atom. The topological polar surface area (TPSA) is 106 Å². The summed E-state index contributed by atoms with van der Waals surface area (Å²) in [5, 5.41) is 22.4. The molecule has 7 rings (SSSR count). The molecule has 7 fully saturated rings. The number of aliphatic hydroxyl groups excluding tert-OH is 1. The summed E-state index contributed by atoms with van der Waals surface area (Å²) in [5.74, 6) is 3.09. The molecule has 4 N–H and O–H groups in total. The summed E-state index contributed by atoms with van der Waals surface area (Å²) < 4.78 is 6.46. The Kier molecular flexibility index (Phi) is 16.5. The van der Waals surface area contributed by atoms with Gasteiger partial charge < -0.3 is 30.7 Å². The molecule has 8 atom stereocenters. The fourth-order valence-electron chi connectivity index (χ4n) is 12.6. The van der Waals surface area contributed by atoms with Gasteiger partial charge in [-0.3, -0.25) is 14.5 Å². The van der Waals surface area contributed by atoms with Crippen molar-refractivity contribution in [3.05, 3.63) is 0 Å². The lowest BCUT2D eigenvalue weighted by Gasteiger charge is -2.45. The van der Waals surface area contributed by atoms with Gasteiger partial charge in [-0.05, 0) is 108 Å². The Labute approximate surface area is 335 Å². The fraction of sp³-hybridized carbons (Fsp3) is 0.957. The van der Waals surface area contributed by atoms with Crippen molar-refractivity contribution in [2.75, 3.05) is 45.9 Å². The number of amides is 2. The van der Waals surface area contributed by atoms with E-state index in [1.54, 1.807) is 0 Å². The van der Waals surface area contributed by atoms with Gasteiger partial charge in [0, 0.05) is 56.1 Å². The van der Waals surface area contributed by atoms with Crippen LogP contribution < -0.4 is 16.0 Å². The first kappa shape index (κ1) is 41.9. The first-order chi connectivity index (χ1) is 27.0. The Morgan fingerprint density at radius 3 is 2.15 bits per heavy atom. The number of ether oxygens (including phenoxy) is 1. The third-order valence-corrected chi connectivity index (χ3v) is 15.8. The summed E-state index contributed by atoms with van der Waals surface area (Å²) >= 11 is 0. The number of carbonyl (C=O) groups is 2. The van der Waals surface area contributed by atoms with E-state index in [1.165, 1.54) is 128 Å². The Hall–Kier alpha value is -1.26. The van der Waals surface area contributed by atoms with E-state index in [1.807, 2.05) is 4.90 Å². The molecule has 7 unspecified atom stereocenters. The Balaban J connectivity index is 0.982. The maximum atomic E-state index is 14.6. The average Bonchev–Trinajstić information content (AvgIpc) is 3.23. The number of piperazine rings is 1. The van der Waals surface area contributed by atoms with Gasteiger partial charge in [0.2, 0.25) is 11.8 Å². The van der Waals surface area contributed by atoms with Gasteiger partial charge in [0.05, 0.1) is 18.8 Å². The number of hydrogen-bond donors (Lipinski definition) is 4. The third-order valence-electron chi connectivity index (χ3n) is 15.8. The van der Waals surface area contributed by atoms with Gasteiger partial charge in [-0.15, -0.1) is 0 Å². The van der Waals surface area contributed by atoms with Crippen molar-refractivity contribution < 1.29 is 19.4 Å². The highest BCUT2D eigenvalue weighted by Crippen LogP contribution is 2.37. The van der Waals surface area contributed by atoms with Crippen molar-refractivity contribution in [3.8, 4) is 0 Å². The molecule has 0 aromatic heterocycles. The number of β-amino-alcohol motifs (C(OH)–C–C–N with tert-alkyl or cyclic N) is 1. The van der Waals surface area contributed by atoms with Crippen molar-refractivity contribution in [2.24, 2.45) is 29.6 Å². The molecule has 0 aromatic rings. The number of piperidine rings is 2. The van der Waals surface area contributed by atoms with E-state index >= 15 is 0 Å². The minimum absolute atomic E-state index is 0.0115. The Morgan fingerprint density at radius 2 is 1.42 bits per heavy atom. The molecule has 3 aliphatic heterocycles. The maximum Gasteiger partial charge on any atom is 0.244 e. The molecule has 55 heavy (non-hydrogen) atoms. The summed E-state index contributed by atoms with van der Waals surface area (Å²) in [6, 6.07) is 0.767. The number of carbonyl (C=O) groups excluding carboxylic acids is 2. The first-order valence-corrected chi connectivity index (χ1v) is 24.1. The van der Waals surface area contributed by atoms with Crippen LogP contribution in [0, 0.1) is 29.6 Å². The summed E-state index contributed by atoms with van der Waals surface area (Å²) in [6.07, 6.45) is 31.7. The zero-order chi connectivity index (χ0) is 37.8. The van der Waals surface area contributed by atoms with Gasteiger partial charge in [-0.1, -0.05) is 89.9 Å². The van der Waals surface area contributed by atoms with Crippen molar-refractivity contribution in [2.45, 2.75) is 203 Å². The minimum atomic E-state index is -0.607. The van der Waals surface area contributed by atoms with Crippen LogP contribution in [0.15, 0.2) is 0 Å². The highest BCUT2D eigenvalue weighted by molar-refractivity contribution is 5.89. The van der Waals surface area contributed by atoms with Gasteiger partial charge in [0.15, 0.2) is 0 Å². The highest BCUT2D eigenvalue weighted by atomic mass is 16.5. The van der Waals surface area contributed by atoms with Crippen LogP contribution in [0.4, 0.5) is 0 Å². The number of rotatable bonds is 16. The maximum absolute atomic E-state index is 14.6. The van der Waals surface area contributed by atoms with Gasteiger partial charge in [0.1, 0.15) is 6.04 Å². The van der Waals surface area contributed by atoms with E-state index in [0.717, 1.165) is 63.5 Å². The summed E-state index contributed by atoms with van der Waals surface area (Å²) in [7, 11) is 0. The van der Waals surface area contributed by atoms with Crippen LogP contribution in [-0.4, -0.2) is 109 Å². The second-order valence-corrected chi connectivity index (χ2v) is 19.7. The lowest BCUT2D eigenvalue weighted by molar-refractivity contribution is -0.149. The molecular weight excluding hydrogens is 687 g/mol. The predicted molar refractivity (Wildman–Crippen MR) is 221 cm³/mol. The van der Waals surface area contributed by atoms with Gasteiger partial charge in [-0.2, -0.15) is 0 Å². The van der Waals surface area contributed by atoms with Crippen molar-refractivity contribution in [1.29, 1.82) is 0 Å². The second-order valence-electron chi connectivity index (χ2n) is 19.7. The second kappa shape index (κ2) is 21.7. The molecule has 9 nitrogen and oxygen atoms in total. The van der Waals surface area contributed by atoms with Gasteiger partial charge in [-0.25, -0.2) is 0 Å². The molecule has 2 amide bonds. The highest BCUT2D eigenvalue weighted by Gasteiger charge is 2.42. The normalized spacial score (nSPS) is 33.5. The standard InChI is InChI=1S/C46H81N5O4/c52-39(33-55-44-23-9-22-42-40(44)21-11-27-48-42)31-50-28-29-51(46(54)37-24-25-41-36(30-37)18-10-26-47-41)43(32-50)45(53)49-38(19-7-16-34-12-3-1-4-13-34)20-8-17-35-14-5-2-6-15-35/h34-44,47-48,52H,1-33H2,(H,49,53)/t36?,37?,39-,40?,41?,42?,43?,44?/m0/s1. The van der Waals surface area contributed by atoms with E-state index in [9.17, 15) is 14.7 Å². The van der Waals surface area contributed by atoms with E-state index < -0.39 is 12.1 Å². The molecule has 3 saturated heterocycles. The SMILES string of the molecule is O=C(NC(CCCC1CCCCC1)CCCC1CCCCC1)C1CN(C[C@H](O)COC2CCCC3NCCCC32)CCN1C(=O)C1CCC2NCCCC2C1. The summed E-state index contributed by atoms with van der Waals surface area (Å²) in [4.78, 5) is 33.3. The predicted octanol–water partition coefficient (Wildman–Crippen LogP) is 6.95. The molecule has 3 heterocycles. The van der Waals surface area contributed by atoms with Crippen LogP contribution in [0.3, 0.4) is 0 Å². The third kappa shape index (κ3) is 12.1. The van der Waals surface area contributed by atoms with Crippen LogP contribution in [0.25, 0.3) is 0 Å². The van der Waals surface area contributed by atoms with Crippen molar-refractivity contribution in [1.82, 2.24) is 25.8 Å². The quantitative estimate of drug-likeness (QED) is 0.135. The van der Waals surface area contributed by atoms with Crippen molar-refractivity contribution in [3.63, 3.8) is 0 Å². The minimum Gasteiger partial charge on any atom is -0.389 e. The monoisotopic (exact) mass is 768 g/mol.